The predicted octanol–water partition coefficient (Wildman–Crippen LogP) is 0.983. The van der Waals surface area contributed by atoms with Crippen molar-refractivity contribution in [3.8, 4) is 0 Å². The van der Waals surface area contributed by atoms with Crippen molar-refractivity contribution in [2.45, 2.75) is 12.8 Å². The molecule has 6 nitrogen and oxygen atoms in total. The molecular formula is C14H18N2O4. The summed E-state index contributed by atoms with van der Waals surface area (Å²) in [4.78, 5) is 33.1. The molecule has 0 bridgehead atoms. The van der Waals surface area contributed by atoms with Crippen molar-refractivity contribution in [3.05, 3.63) is 36.5 Å². The van der Waals surface area contributed by atoms with Gasteiger partial charge in [-0.1, -0.05) is 24.3 Å². The molecular weight excluding hydrogens is 260 g/mol. The van der Waals surface area contributed by atoms with Gasteiger partial charge >= 0.3 is 11.9 Å². The van der Waals surface area contributed by atoms with Crippen LogP contribution in [0.1, 0.15) is 12.8 Å². The van der Waals surface area contributed by atoms with Crippen LogP contribution >= 0.6 is 0 Å². The van der Waals surface area contributed by atoms with Crippen molar-refractivity contribution in [2.75, 3.05) is 26.2 Å². The minimum Gasteiger partial charge on any atom is -0.364 e. The van der Waals surface area contributed by atoms with Crippen molar-refractivity contribution in [1.29, 1.82) is 0 Å². The second-order valence-corrected chi connectivity index (χ2v) is 4.45. The van der Waals surface area contributed by atoms with Crippen LogP contribution in [-0.2, 0) is 19.3 Å². The van der Waals surface area contributed by atoms with E-state index >= 15 is 0 Å². The summed E-state index contributed by atoms with van der Waals surface area (Å²) in [5.74, 6) is -1.15. The zero-order chi connectivity index (χ0) is 14.2. The Hall–Kier alpha value is -1.92. The lowest BCUT2D eigenvalue weighted by Gasteiger charge is -2.21. The summed E-state index contributed by atoms with van der Waals surface area (Å²) < 4.78 is 0. The van der Waals surface area contributed by atoms with Gasteiger partial charge in [-0.15, -0.1) is 10.1 Å². The number of hydrogen-bond acceptors (Lipinski definition) is 6. The van der Waals surface area contributed by atoms with E-state index in [1.165, 1.54) is 0 Å². The third kappa shape index (κ3) is 4.99. The summed E-state index contributed by atoms with van der Waals surface area (Å²) >= 11 is 0. The van der Waals surface area contributed by atoms with Gasteiger partial charge in [-0.05, 0) is 12.8 Å². The van der Waals surface area contributed by atoms with Crippen LogP contribution in [0.2, 0.25) is 0 Å². The number of hydrogen-bond donors (Lipinski definition) is 0. The van der Waals surface area contributed by atoms with Gasteiger partial charge in [0.25, 0.3) is 0 Å². The smallest absolute Gasteiger partial charge is 0.349 e. The maximum absolute atomic E-state index is 11.5. The average molecular weight is 278 g/mol. The van der Waals surface area contributed by atoms with Crippen molar-refractivity contribution < 1.29 is 19.3 Å². The summed E-state index contributed by atoms with van der Waals surface area (Å²) in [5, 5.41) is 3.10. The van der Waals surface area contributed by atoms with Gasteiger partial charge < -0.3 is 9.68 Å². The van der Waals surface area contributed by atoms with E-state index in [2.05, 4.69) is 0 Å². The van der Waals surface area contributed by atoms with Crippen LogP contribution < -0.4 is 0 Å². The molecule has 0 unspecified atom stereocenters. The van der Waals surface area contributed by atoms with Gasteiger partial charge in [-0.2, -0.15) is 0 Å². The highest BCUT2D eigenvalue weighted by atomic mass is 16.7. The van der Waals surface area contributed by atoms with Crippen LogP contribution in [0.25, 0.3) is 0 Å². The van der Waals surface area contributed by atoms with E-state index in [1.54, 1.807) is 10.1 Å². The molecule has 0 N–H and O–H groups in total. The number of carbonyl (C=O) groups is 2. The van der Waals surface area contributed by atoms with Gasteiger partial charge in [-0.3, -0.25) is 0 Å². The Morgan fingerprint density at radius 3 is 1.60 bits per heavy atom. The Kier molecular flexibility index (Phi) is 5.52. The van der Waals surface area contributed by atoms with Gasteiger partial charge in [0.15, 0.2) is 0 Å². The minimum absolute atomic E-state index is 0.573. The minimum atomic E-state index is -0.573. The molecule has 0 fully saturated rings. The van der Waals surface area contributed by atoms with Crippen LogP contribution in [-0.4, -0.2) is 48.2 Å². The van der Waals surface area contributed by atoms with E-state index in [4.69, 9.17) is 9.68 Å². The highest BCUT2D eigenvalue weighted by molar-refractivity contribution is 5.91. The molecule has 2 heterocycles. The highest BCUT2D eigenvalue weighted by Crippen LogP contribution is 2.04. The molecule has 0 saturated heterocycles. The quantitative estimate of drug-likeness (QED) is 0.564. The van der Waals surface area contributed by atoms with Crippen LogP contribution in [0.15, 0.2) is 36.5 Å². The van der Waals surface area contributed by atoms with Gasteiger partial charge in [0.2, 0.25) is 0 Å². The largest absolute Gasteiger partial charge is 0.364 e. The number of nitrogens with zero attached hydrogens (tertiary/aromatic N) is 2. The van der Waals surface area contributed by atoms with Crippen molar-refractivity contribution in [2.24, 2.45) is 0 Å². The maximum atomic E-state index is 11.5. The third-order valence-corrected chi connectivity index (χ3v) is 2.84. The molecule has 0 radical (unpaired) electrons. The Labute approximate surface area is 117 Å². The monoisotopic (exact) mass is 278 g/mol. The van der Waals surface area contributed by atoms with Crippen LogP contribution in [0.5, 0.6) is 0 Å². The normalized spacial score (nSPS) is 20.2. The molecule has 0 spiro atoms. The Morgan fingerprint density at radius 2 is 1.25 bits per heavy atom. The molecule has 2 aliphatic heterocycles. The van der Waals surface area contributed by atoms with Crippen molar-refractivity contribution >= 4 is 11.9 Å². The molecule has 2 rings (SSSR count). The van der Waals surface area contributed by atoms with Gasteiger partial charge in [0.1, 0.15) is 0 Å². The van der Waals surface area contributed by atoms with Crippen LogP contribution in [0, 0.1) is 0 Å². The zero-order valence-electron chi connectivity index (χ0n) is 11.2. The summed E-state index contributed by atoms with van der Waals surface area (Å²) in [7, 11) is 0. The van der Waals surface area contributed by atoms with Crippen molar-refractivity contribution in [1.82, 2.24) is 10.1 Å². The number of hydroxylamine groups is 4. The summed E-state index contributed by atoms with van der Waals surface area (Å²) in [6.45, 7) is 2.48. The number of carbonyl (C=O) groups excluding carboxylic acids is 2. The molecule has 0 saturated carbocycles. The fraction of sp³-hybridized carbons (Fsp3) is 0.429. The Bertz CT molecular complexity index is 402. The highest BCUT2D eigenvalue weighted by Gasteiger charge is 2.12. The average Bonchev–Trinajstić information content (AvgIpc) is 2.47. The lowest BCUT2D eigenvalue weighted by atomic mass is 10.3. The summed E-state index contributed by atoms with van der Waals surface area (Å²) in [6.07, 6.45) is 11.8. The summed E-state index contributed by atoms with van der Waals surface area (Å²) in [5.41, 5.74) is 0. The lowest BCUT2D eigenvalue weighted by molar-refractivity contribution is -0.185. The van der Waals surface area contributed by atoms with Gasteiger partial charge in [0, 0.05) is 25.2 Å². The third-order valence-electron chi connectivity index (χ3n) is 2.84. The second-order valence-electron chi connectivity index (χ2n) is 4.45. The van der Waals surface area contributed by atoms with Crippen molar-refractivity contribution in [3.63, 3.8) is 0 Å². The topological polar surface area (TPSA) is 59.1 Å². The first kappa shape index (κ1) is 14.5. The van der Waals surface area contributed by atoms with Gasteiger partial charge in [0.05, 0.1) is 13.1 Å². The molecule has 0 aromatic rings. The van der Waals surface area contributed by atoms with Crippen LogP contribution in [0.3, 0.4) is 0 Å². The lowest BCUT2D eigenvalue weighted by Crippen LogP contribution is -2.30. The molecule has 0 aromatic carbocycles. The van der Waals surface area contributed by atoms with E-state index in [1.807, 2.05) is 24.3 Å². The first-order chi connectivity index (χ1) is 9.74. The van der Waals surface area contributed by atoms with E-state index in [9.17, 15) is 9.59 Å². The van der Waals surface area contributed by atoms with E-state index in [-0.39, 0.29) is 0 Å². The molecule has 108 valence electrons. The molecule has 6 heteroatoms. The Morgan fingerprint density at radius 1 is 0.800 bits per heavy atom. The maximum Gasteiger partial charge on any atom is 0.349 e. The molecule has 2 aliphatic rings. The second kappa shape index (κ2) is 7.62. The van der Waals surface area contributed by atoms with Crippen LogP contribution in [0.4, 0.5) is 0 Å². The zero-order valence-corrected chi connectivity index (χ0v) is 11.2. The molecule has 0 amide bonds. The molecule has 0 atom stereocenters. The fourth-order valence-corrected chi connectivity index (χ4v) is 1.86. The first-order valence-electron chi connectivity index (χ1n) is 6.66. The Balaban J connectivity index is 1.70. The van der Waals surface area contributed by atoms with E-state index in [0.717, 1.165) is 25.0 Å². The molecule has 0 aromatic heterocycles. The van der Waals surface area contributed by atoms with Gasteiger partial charge in [-0.25, -0.2) is 9.59 Å². The van der Waals surface area contributed by atoms with E-state index in [0.29, 0.717) is 26.2 Å². The summed E-state index contributed by atoms with van der Waals surface area (Å²) in [6, 6.07) is 0. The standard InChI is InChI=1S/C14H18N2O4/c17-13(19-15-9-3-1-4-10-15)7-8-14(18)20-16-11-5-2-6-12-16/h1-3,5,7-8H,4,6,9-12H2/b8-7-. The predicted molar refractivity (Wildman–Crippen MR) is 72.0 cm³/mol. The number of rotatable bonds is 4. The molecule has 0 aliphatic carbocycles. The van der Waals surface area contributed by atoms with E-state index < -0.39 is 11.9 Å². The fourth-order valence-electron chi connectivity index (χ4n) is 1.86. The molecule has 20 heavy (non-hydrogen) atoms. The first-order valence-corrected chi connectivity index (χ1v) is 6.66. The SMILES string of the molecule is O=C(/C=C\C(=O)ON1CC=CCC1)ON1CC=CCC1.